The molecule has 2 rings (SSSR count). The molecular formula is C12H9ClN2O4S2. The van der Waals surface area contributed by atoms with Crippen LogP contribution >= 0.6 is 23.4 Å². The van der Waals surface area contributed by atoms with Gasteiger partial charge in [0.05, 0.1) is 14.7 Å². The van der Waals surface area contributed by atoms with Crippen LogP contribution < -0.4 is 5.14 Å². The highest BCUT2D eigenvalue weighted by Crippen LogP contribution is 2.36. The minimum Gasteiger partial charge on any atom is -0.258 e. The summed E-state index contributed by atoms with van der Waals surface area (Å²) in [7, 11) is -3.93. The Morgan fingerprint density at radius 2 is 1.90 bits per heavy atom. The van der Waals surface area contributed by atoms with E-state index in [0.717, 1.165) is 23.9 Å². The zero-order valence-corrected chi connectivity index (χ0v) is 12.8. The first kappa shape index (κ1) is 15.8. The Morgan fingerprint density at radius 3 is 2.48 bits per heavy atom. The Hall–Kier alpha value is -1.61. The lowest BCUT2D eigenvalue weighted by Crippen LogP contribution is -2.12. The summed E-state index contributed by atoms with van der Waals surface area (Å²) >= 11 is 6.90. The molecular weight excluding hydrogens is 336 g/mol. The zero-order chi connectivity index (χ0) is 15.6. The van der Waals surface area contributed by atoms with Gasteiger partial charge in [0.15, 0.2) is 0 Å². The molecule has 2 aromatic rings. The van der Waals surface area contributed by atoms with Crippen LogP contribution in [0.25, 0.3) is 0 Å². The summed E-state index contributed by atoms with van der Waals surface area (Å²) in [6.07, 6.45) is 0. The monoisotopic (exact) mass is 344 g/mol. The molecule has 0 aromatic heterocycles. The molecule has 110 valence electrons. The molecule has 9 heteroatoms. The summed E-state index contributed by atoms with van der Waals surface area (Å²) in [5, 5.41) is 16.5. The first-order valence-corrected chi connectivity index (χ1v) is 8.26. The van der Waals surface area contributed by atoms with Crippen molar-refractivity contribution in [3.63, 3.8) is 0 Å². The number of nitro benzene ring substituents is 1. The highest BCUT2D eigenvalue weighted by Gasteiger charge is 2.19. The smallest absolute Gasteiger partial charge is 0.258 e. The number of benzene rings is 2. The fraction of sp³-hybridized carbons (Fsp3) is 0. The maximum atomic E-state index is 11.4. The third-order valence-corrected chi connectivity index (χ3v) is 4.66. The van der Waals surface area contributed by atoms with Crippen molar-refractivity contribution in [2.75, 3.05) is 0 Å². The van der Waals surface area contributed by atoms with Gasteiger partial charge in [-0.3, -0.25) is 10.1 Å². The lowest BCUT2D eigenvalue weighted by molar-refractivity contribution is -0.387. The fourth-order valence-corrected chi connectivity index (χ4v) is 3.45. The Balaban J connectivity index is 2.51. The van der Waals surface area contributed by atoms with Gasteiger partial charge in [-0.2, -0.15) is 0 Å². The molecule has 0 bridgehead atoms. The molecule has 0 atom stereocenters. The van der Waals surface area contributed by atoms with Crippen molar-refractivity contribution in [2.24, 2.45) is 5.14 Å². The van der Waals surface area contributed by atoms with Gasteiger partial charge in [-0.25, -0.2) is 13.6 Å². The van der Waals surface area contributed by atoms with E-state index in [2.05, 4.69) is 0 Å². The van der Waals surface area contributed by atoms with Crippen LogP contribution in [0.15, 0.2) is 57.2 Å². The van der Waals surface area contributed by atoms with Crippen molar-refractivity contribution in [3.8, 4) is 0 Å². The second kappa shape index (κ2) is 6.02. The standard InChI is InChI=1S/C12H9ClN2O4S2/c13-8-2-1-3-9(6-8)20-12-7-10(21(14,18)19)4-5-11(12)15(16)17/h1-7H,(H2,14,18,19). The van der Waals surface area contributed by atoms with Crippen LogP contribution in [0.2, 0.25) is 5.02 Å². The summed E-state index contributed by atoms with van der Waals surface area (Å²) in [5.74, 6) is 0. The third kappa shape index (κ3) is 3.94. The predicted octanol–water partition coefficient (Wildman–Crippen LogP) is 3.05. The predicted molar refractivity (Wildman–Crippen MR) is 80.0 cm³/mol. The average molecular weight is 345 g/mol. The number of primary sulfonamides is 1. The molecule has 0 radical (unpaired) electrons. The van der Waals surface area contributed by atoms with Crippen LogP contribution in [0.4, 0.5) is 5.69 Å². The summed E-state index contributed by atoms with van der Waals surface area (Å²) < 4.78 is 22.7. The van der Waals surface area contributed by atoms with Gasteiger partial charge in [0.2, 0.25) is 10.0 Å². The molecule has 2 aromatic carbocycles. The van der Waals surface area contributed by atoms with E-state index in [0.29, 0.717) is 9.92 Å². The molecule has 0 unspecified atom stereocenters. The molecule has 2 N–H and O–H groups in total. The van der Waals surface area contributed by atoms with Gasteiger partial charge in [-0.15, -0.1) is 0 Å². The number of hydrogen-bond donors (Lipinski definition) is 1. The number of hydrogen-bond acceptors (Lipinski definition) is 5. The number of rotatable bonds is 4. The Labute approximate surface area is 130 Å². The maximum absolute atomic E-state index is 11.4. The number of nitrogens with two attached hydrogens (primary N) is 1. The van der Waals surface area contributed by atoms with E-state index >= 15 is 0 Å². The number of sulfonamides is 1. The molecule has 6 nitrogen and oxygen atoms in total. The lowest BCUT2D eigenvalue weighted by atomic mass is 10.3. The molecule has 21 heavy (non-hydrogen) atoms. The van der Waals surface area contributed by atoms with E-state index in [1.54, 1.807) is 24.3 Å². The number of nitrogens with zero attached hydrogens (tertiary/aromatic N) is 1. The largest absolute Gasteiger partial charge is 0.283 e. The van der Waals surface area contributed by atoms with Gasteiger partial charge in [-0.05, 0) is 30.3 Å². The third-order valence-electron chi connectivity index (χ3n) is 2.48. The summed E-state index contributed by atoms with van der Waals surface area (Å²) in [5.41, 5.74) is -0.202. The molecule has 0 fully saturated rings. The van der Waals surface area contributed by atoms with E-state index in [4.69, 9.17) is 16.7 Å². The first-order valence-electron chi connectivity index (χ1n) is 5.52. The molecule has 0 spiro atoms. The average Bonchev–Trinajstić information content (AvgIpc) is 2.37. The summed E-state index contributed by atoms with van der Waals surface area (Å²) in [6.45, 7) is 0. The van der Waals surface area contributed by atoms with Crippen molar-refractivity contribution in [1.29, 1.82) is 0 Å². The second-order valence-corrected chi connectivity index (χ2v) is 7.10. The molecule has 0 amide bonds. The SMILES string of the molecule is NS(=O)(=O)c1ccc([N+](=O)[O-])c(Sc2cccc(Cl)c2)c1. The van der Waals surface area contributed by atoms with E-state index in [-0.39, 0.29) is 15.5 Å². The molecule has 0 aliphatic heterocycles. The van der Waals surface area contributed by atoms with Crippen LogP contribution in [0.3, 0.4) is 0 Å². The molecule has 0 saturated carbocycles. The van der Waals surface area contributed by atoms with E-state index in [1.807, 2.05) is 0 Å². The fourth-order valence-electron chi connectivity index (χ4n) is 1.56. The minimum absolute atomic E-state index is 0.175. The Bertz CT molecular complexity index is 809. The molecule has 0 aliphatic rings. The molecule has 0 heterocycles. The highest BCUT2D eigenvalue weighted by atomic mass is 35.5. The molecule has 0 saturated heterocycles. The zero-order valence-electron chi connectivity index (χ0n) is 10.4. The van der Waals surface area contributed by atoms with Crippen LogP contribution in [0, 0.1) is 10.1 Å². The van der Waals surface area contributed by atoms with Gasteiger partial charge in [-0.1, -0.05) is 29.4 Å². The summed E-state index contributed by atoms with van der Waals surface area (Å²) in [4.78, 5) is 11.1. The second-order valence-electron chi connectivity index (χ2n) is 3.99. The van der Waals surface area contributed by atoms with Crippen molar-refractivity contribution in [3.05, 3.63) is 57.6 Å². The van der Waals surface area contributed by atoms with Gasteiger partial charge in [0, 0.05) is 16.0 Å². The van der Waals surface area contributed by atoms with E-state index in [1.165, 1.54) is 6.07 Å². The first-order chi connectivity index (χ1) is 9.77. The number of halogens is 1. The quantitative estimate of drug-likeness (QED) is 0.678. The van der Waals surface area contributed by atoms with Crippen LogP contribution in [0.1, 0.15) is 0 Å². The number of nitro groups is 1. The van der Waals surface area contributed by atoms with Crippen molar-refractivity contribution in [2.45, 2.75) is 14.7 Å². The lowest BCUT2D eigenvalue weighted by Gasteiger charge is -2.05. The van der Waals surface area contributed by atoms with Gasteiger partial charge >= 0.3 is 0 Å². The molecule has 0 aliphatic carbocycles. The van der Waals surface area contributed by atoms with Crippen LogP contribution in [0.5, 0.6) is 0 Å². The van der Waals surface area contributed by atoms with Gasteiger partial charge < -0.3 is 0 Å². The van der Waals surface area contributed by atoms with Crippen LogP contribution in [-0.4, -0.2) is 13.3 Å². The van der Waals surface area contributed by atoms with Crippen molar-refractivity contribution >= 4 is 39.1 Å². The summed E-state index contributed by atoms with van der Waals surface area (Å²) in [6, 6.07) is 10.1. The van der Waals surface area contributed by atoms with E-state index in [9.17, 15) is 18.5 Å². The van der Waals surface area contributed by atoms with Gasteiger partial charge in [0.1, 0.15) is 0 Å². The van der Waals surface area contributed by atoms with Crippen molar-refractivity contribution in [1.82, 2.24) is 0 Å². The van der Waals surface area contributed by atoms with E-state index < -0.39 is 14.9 Å². The highest BCUT2D eigenvalue weighted by molar-refractivity contribution is 7.99. The van der Waals surface area contributed by atoms with Crippen molar-refractivity contribution < 1.29 is 13.3 Å². The minimum atomic E-state index is -3.93. The normalized spacial score (nSPS) is 11.3. The maximum Gasteiger partial charge on any atom is 0.283 e. The Morgan fingerprint density at radius 1 is 1.19 bits per heavy atom. The topological polar surface area (TPSA) is 103 Å². The Kier molecular flexibility index (Phi) is 4.52. The van der Waals surface area contributed by atoms with Crippen LogP contribution in [-0.2, 0) is 10.0 Å². The van der Waals surface area contributed by atoms with Gasteiger partial charge in [0.25, 0.3) is 5.69 Å².